The number of anilines is 1. The topological polar surface area (TPSA) is 38.3 Å². The van der Waals surface area contributed by atoms with E-state index in [1.165, 1.54) is 0 Å². The van der Waals surface area contributed by atoms with Gasteiger partial charge in [-0.25, -0.2) is 0 Å². The number of benzene rings is 1. The number of carbonyl (C=O) groups is 1. The molecule has 0 aliphatic carbocycles. The highest BCUT2D eigenvalue weighted by molar-refractivity contribution is 5.93. The Morgan fingerprint density at radius 3 is 2.94 bits per heavy atom. The molecule has 1 unspecified atom stereocenters. The second kappa shape index (κ2) is 4.66. The number of hydrogen-bond acceptors (Lipinski definition) is 2. The Bertz CT molecular complexity index is 395. The van der Waals surface area contributed by atoms with Gasteiger partial charge in [-0.3, -0.25) is 4.79 Å². The van der Waals surface area contributed by atoms with Crippen LogP contribution in [-0.4, -0.2) is 19.1 Å². The number of ether oxygens (including phenoxy) is 1. The molecule has 2 rings (SSSR count). The van der Waals surface area contributed by atoms with Gasteiger partial charge in [0.2, 0.25) is 5.91 Å². The van der Waals surface area contributed by atoms with Crippen molar-refractivity contribution in [2.45, 2.75) is 20.3 Å². The zero-order valence-corrected chi connectivity index (χ0v) is 9.75. The van der Waals surface area contributed by atoms with Crippen LogP contribution in [0.25, 0.3) is 0 Å². The molecule has 1 aliphatic rings. The summed E-state index contributed by atoms with van der Waals surface area (Å²) in [7, 11) is 0. The van der Waals surface area contributed by atoms with Crippen LogP contribution in [0.4, 0.5) is 5.69 Å². The summed E-state index contributed by atoms with van der Waals surface area (Å²) in [5.74, 6) is 0.0890. The van der Waals surface area contributed by atoms with Gasteiger partial charge in [0.1, 0.15) is 0 Å². The Balaban J connectivity index is 2.07. The molecule has 86 valence electrons. The van der Waals surface area contributed by atoms with Crippen LogP contribution in [0.5, 0.6) is 0 Å². The van der Waals surface area contributed by atoms with Crippen LogP contribution in [0.2, 0.25) is 0 Å². The van der Waals surface area contributed by atoms with Gasteiger partial charge in [-0.15, -0.1) is 0 Å². The van der Waals surface area contributed by atoms with Crippen LogP contribution in [0.3, 0.4) is 0 Å². The van der Waals surface area contributed by atoms with E-state index in [2.05, 4.69) is 5.32 Å². The molecule has 1 atom stereocenters. The monoisotopic (exact) mass is 219 g/mol. The summed E-state index contributed by atoms with van der Waals surface area (Å²) < 4.78 is 5.21. The van der Waals surface area contributed by atoms with Crippen LogP contribution >= 0.6 is 0 Å². The summed E-state index contributed by atoms with van der Waals surface area (Å²) in [6, 6.07) is 6.07. The average molecular weight is 219 g/mol. The lowest BCUT2D eigenvalue weighted by Crippen LogP contribution is -2.23. The first-order valence-electron chi connectivity index (χ1n) is 5.62. The molecule has 16 heavy (non-hydrogen) atoms. The summed E-state index contributed by atoms with van der Waals surface area (Å²) in [6.45, 7) is 5.27. The Labute approximate surface area is 95.8 Å². The fourth-order valence-corrected chi connectivity index (χ4v) is 1.85. The number of hydrogen-bond donors (Lipinski definition) is 1. The first-order valence-corrected chi connectivity index (χ1v) is 5.62. The van der Waals surface area contributed by atoms with Crippen molar-refractivity contribution in [1.29, 1.82) is 0 Å². The zero-order chi connectivity index (χ0) is 11.5. The maximum absolute atomic E-state index is 11.9. The first-order chi connectivity index (χ1) is 7.66. The number of carbonyl (C=O) groups excluding carboxylic acids is 1. The fraction of sp³-hybridized carbons (Fsp3) is 0.462. The van der Waals surface area contributed by atoms with E-state index in [0.717, 1.165) is 23.2 Å². The number of rotatable bonds is 2. The molecule has 0 radical (unpaired) electrons. The first kappa shape index (κ1) is 11.1. The second-order valence-electron chi connectivity index (χ2n) is 4.37. The number of nitrogens with one attached hydrogen (secondary N) is 1. The average Bonchev–Trinajstić information content (AvgIpc) is 2.76. The maximum atomic E-state index is 11.9. The van der Waals surface area contributed by atoms with Gasteiger partial charge >= 0.3 is 0 Å². The Morgan fingerprint density at radius 1 is 1.44 bits per heavy atom. The number of aryl methyl sites for hydroxylation is 2. The molecule has 0 aromatic heterocycles. The SMILES string of the molecule is Cc1ccc(C)c(NC(=O)C2CCOC2)c1. The Kier molecular flexibility index (Phi) is 3.25. The van der Waals surface area contributed by atoms with E-state index in [9.17, 15) is 4.79 Å². The lowest BCUT2D eigenvalue weighted by Gasteiger charge is -2.12. The number of amides is 1. The van der Waals surface area contributed by atoms with Gasteiger partial charge in [0.05, 0.1) is 12.5 Å². The summed E-state index contributed by atoms with van der Waals surface area (Å²) in [5, 5.41) is 2.97. The van der Waals surface area contributed by atoms with Gasteiger partial charge in [-0.2, -0.15) is 0 Å². The summed E-state index contributed by atoms with van der Waals surface area (Å²) in [5.41, 5.74) is 3.17. The Morgan fingerprint density at radius 2 is 2.25 bits per heavy atom. The largest absolute Gasteiger partial charge is 0.381 e. The van der Waals surface area contributed by atoms with Gasteiger partial charge in [0, 0.05) is 12.3 Å². The summed E-state index contributed by atoms with van der Waals surface area (Å²) in [4.78, 5) is 11.9. The van der Waals surface area contributed by atoms with E-state index >= 15 is 0 Å². The molecule has 1 fully saturated rings. The summed E-state index contributed by atoms with van der Waals surface area (Å²) in [6.07, 6.45) is 0.830. The molecule has 3 nitrogen and oxygen atoms in total. The third-order valence-corrected chi connectivity index (χ3v) is 2.95. The van der Waals surface area contributed by atoms with Gasteiger partial charge < -0.3 is 10.1 Å². The molecular formula is C13H17NO2. The highest BCUT2D eigenvalue weighted by Gasteiger charge is 2.23. The van der Waals surface area contributed by atoms with E-state index in [4.69, 9.17) is 4.74 Å². The molecule has 1 saturated heterocycles. The molecule has 0 spiro atoms. The van der Waals surface area contributed by atoms with E-state index < -0.39 is 0 Å². The molecule has 0 bridgehead atoms. The minimum absolute atomic E-state index is 0.0138. The minimum Gasteiger partial charge on any atom is -0.381 e. The molecule has 1 aromatic rings. The molecule has 1 amide bonds. The van der Waals surface area contributed by atoms with Crippen molar-refractivity contribution in [3.63, 3.8) is 0 Å². The van der Waals surface area contributed by atoms with E-state index in [0.29, 0.717) is 13.2 Å². The van der Waals surface area contributed by atoms with Crippen molar-refractivity contribution < 1.29 is 9.53 Å². The third kappa shape index (κ3) is 2.42. The lowest BCUT2D eigenvalue weighted by atomic mass is 10.1. The Hall–Kier alpha value is -1.35. The highest BCUT2D eigenvalue weighted by Crippen LogP contribution is 2.19. The molecule has 0 saturated carbocycles. The van der Waals surface area contributed by atoms with Crippen molar-refractivity contribution in [1.82, 2.24) is 0 Å². The highest BCUT2D eigenvalue weighted by atomic mass is 16.5. The molecule has 1 aliphatic heterocycles. The van der Waals surface area contributed by atoms with Gasteiger partial charge in [-0.1, -0.05) is 12.1 Å². The maximum Gasteiger partial charge on any atom is 0.229 e. The molecule has 1 aromatic carbocycles. The molecule has 1 heterocycles. The van der Waals surface area contributed by atoms with Crippen molar-refractivity contribution in [3.8, 4) is 0 Å². The predicted octanol–water partition coefficient (Wildman–Crippen LogP) is 2.28. The fourth-order valence-electron chi connectivity index (χ4n) is 1.85. The molecular weight excluding hydrogens is 202 g/mol. The van der Waals surface area contributed by atoms with Crippen molar-refractivity contribution in [3.05, 3.63) is 29.3 Å². The van der Waals surface area contributed by atoms with E-state index in [-0.39, 0.29) is 11.8 Å². The second-order valence-corrected chi connectivity index (χ2v) is 4.37. The lowest BCUT2D eigenvalue weighted by molar-refractivity contribution is -0.119. The summed E-state index contributed by atoms with van der Waals surface area (Å²) >= 11 is 0. The van der Waals surface area contributed by atoms with Crippen LogP contribution < -0.4 is 5.32 Å². The van der Waals surface area contributed by atoms with Crippen molar-refractivity contribution >= 4 is 11.6 Å². The molecule has 3 heteroatoms. The molecule has 1 N–H and O–H groups in total. The zero-order valence-electron chi connectivity index (χ0n) is 9.75. The van der Waals surface area contributed by atoms with Crippen LogP contribution in [0.15, 0.2) is 18.2 Å². The normalized spacial score (nSPS) is 19.8. The standard InChI is InChI=1S/C13H17NO2/c1-9-3-4-10(2)12(7-9)14-13(15)11-5-6-16-8-11/h3-4,7,11H,5-6,8H2,1-2H3,(H,14,15). The van der Waals surface area contributed by atoms with E-state index in [1.807, 2.05) is 32.0 Å². The van der Waals surface area contributed by atoms with Crippen LogP contribution in [-0.2, 0) is 9.53 Å². The van der Waals surface area contributed by atoms with Gasteiger partial charge in [0.25, 0.3) is 0 Å². The van der Waals surface area contributed by atoms with E-state index in [1.54, 1.807) is 0 Å². The third-order valence-electron chi connectivity index (χ3n) is 2.95. The quantitative estimate of drug-likeness (QED) is 0.828. The van der Waals surface area contributed by atoms with Crippen LogP contribution in [0.1, 0.15) is 17.5 Å². The van der Waals surface area contributed by atoms with Gasteiger partial charge in [0.15, 0.2) is 0 Å². The van der Waals surface area contributed by atoms with Crippen molar-refractivity contribution in [2.75, 3.05) is 18.5 Å². The predicted molar refractivity (Wildman–Crippen MR) is 63.5 cm³/mol. The van der Waals surface area contributed by atoms with Crippen molar-refractivity contribution in [2.24, 2.45) is 5.92 Å². The smallest absolute Gasteiger partial charge is 0.229 e. The van der Waals surface area contributed by atoms with Gasteiger partial charge in [-0.05, 0) is 37.5 Å². The van der Waals surface area contributed by atoms with Crippen LogP contribution in [0, 0.1) is 19.8 Å². The minimum atomic E-state index is 0.0138.